The van der Waals surface area contributed by atoms with Crippen LogP contribution in [0.3, 0.4) is 0 Å². The monoisotopic (exact) mass is 445 g/mol. The van der Waals surface area contributed by atoms with Gasteiger partial charge in [0.25, 0.3) is 0 Å². The number of anilines is 1. The number of hydrogen-bond donors (Lipinski definition) is 0. The van der Waals surface area contributed by atoms with Crippen molar-refractivity contribution in [2.75, 3.05) is 37.7 Å². The topological polar surface area (TPSA) is 28.6 Å². The molecule has 0 aliphatic carbocycles. The minimum absolute atomic E-state index is 0.331. The van der Waals surface area contributed by atoms with E-state index in [0.29, 0.717) is 6.04 Å². The van der Waals surface area contributed by atoms with Crippen LogP contribution < -0.4 is 9.64 Å². The van der Waals surface area contributed by atoms with Gasteiger partial charge in [-0.2, -0.15) is 0 Å². The highest BCUT2D eigenvalue weighted by molar-refractivity contribution is 5.80. The fraction of sp³-hybridized carbons (Fsp3) is 0.483. The third-order valence-electron chi connectivity index (χ3n) is 6.93. The molecule has 176 valence electrons. The van der Waals surface area contributed by atoms with Crippen molar-refractivity contribution >= 4 is 16.6 Å². The zero-order chi connectivity index (χ0) is 23.0. The van der Waals surface area contributed by atoms with E-state index in [1.807, 2.05) is 6.20 Å². The molecule has 4 nitrogen and oxygen atoms in total. The second-order valence-corrected chi connectivity index (χ2v) is 9.21. The van der Waals surface area contributed by atoms with Crippen LogP contribution in [0.25, 0.3) is 10.9 Å². The lowest BCUT2D eigenvalue weighted by molar-refractivity contribution is 0.268. The fourth-order valence-electron chi connectivity index (χ4n) is 4.96. The lowest BCUT2D eigenvalue weighted by Crippen LogP contribution is -2.25. The number of benzene rings is 2. The van der Waals surface area contributed by atoms with E-state index in [9.17, 15) is 0 Å². The Bertz CT molecular complexity index is 1030. The molecule has 0 N–H and O–H groups in total. The number of aromatic nitrogens is 1. The summed E-state index contributed by atoms with van der Waals surface area (Å²) in [4.78, 5) is 9.69. The number of pyridine rings is 1. The van der Waals surface area contributed by atoms with Gasteiger partial charge in [0.05, 0.1) is 24.4 Å². The average Bonchev–Trinajstić information content (AvgIpc) is 3.28. The van der Waals surface area contributed by atoms with Crippen LogP contribution in [-0.4, -0.2) is 42.7 Å². The Hall–Kier alpha value is -2.59. The van der Waals surface area contributed by atoms with Crippen LogP contribution in [0.5, 0.6) is 5.75 Å². The molecule has 1 aliphatic rings. The Morgan fingerprint density at radius 1 is 1.03 bits per heavy atom. The molecular weight excluding hydrogens is 406 g/mol. The van der Waals surface area contributed by atoms with Crippen molar-refractivity contribution in [1.82, 2.24) is 9.88 Å². The average molecular weight is 446 g/mol. The first-order valence-corrected chi connectivity index (χ1v) is 12.8. The summed E-state index contributed by atoms with van der Waals surface area (Å²) in [6.45, 7) is 12.2. The molecule has 0 saturated heterocycles. The van der Waals surface area contributed by atoms with Gasteiger partial charge in [0, 0.05) is 17.6 Å². The number of fused-ring (bicyclic) bond motifs is 2. The van der Waals surface area contributed by atoms with Gasteiger partial charge >= 0.3 is 0 Å². The Morgan fingerprint density at radius 3 is 2.76 bits per heavy atom. The summed E-state index contributed by atoms with van der Waals surface area (Å²) in [5, 5.41) is 1.16. The maximum atomic E-state index is 6.06. The lowest BCUT2D eigenvalue weighted by atomic mass is 10.0. The van der Waals surface area contributed by atoms with Crippen LogP contribution in [0.4, 0.5) is 5.69 Å². The highest BCUT2D eigenvalue weighted by Crippen LogP contribution is 2.35. The van der Waals surface area contributed by atoms with Gasteiger partial charge < -0.3 is 14.5 Å². The van der Waals surface area contributed by atoms with Gasteiger partial charge in [-0.05, 0) is 94.1 Å². The smallest absolute Gasteiger partial charge is 0.138 e. The number of unbranched alkanes of at least 4 members (excludes halogenated alkanes) is 2. The maximum absolute atomic E-state index is 6.06. The number of nitrogens with zero attached hydrogens (tertiary/aromatic N) is 3. The van der Waals surface area contributed by atoms with E-state index in [0.717, 1.165) is 49.2 Å². The largest absolute Gasteiger partial charge is 0.492 e. The molecule has 2 heterocycles. The minimum atomic E-state index is 0.331. The molecule has 4 heteroatoms. The normalized spacial score (nSPS) is 14.1. The van der Waals surface area contributed by atoms with Gasteiger partial charge in [-0.25, -0.2) is 0 Å². The third-order valence-corrected chi connectivity index (χ3v) is 6.93. The quantitative estimate of drug-likeness (QED) is 0.292. The summed E-state index contributed by atoms with van der Waals surface area (Å²) in [5.41, 5.74) is 5.17. The lowest BCUT2D eigenvalue weighted by Gasteiger charge is -2.28. The van der Waals surface area contributed by atoms with Crippen LogP contribution in [0.2, 0.25) is 0 Å². The van der Waals surface area contributed by atoms with E-state index >= 15 is 0 Å². The second kappa shape index (κ2) is 11.5. The molecule has 1 unspecified atom stereocenters. The number of para-hydroxylation sites is 1. The number of ether oxygens (including phenoxy) is 1. The third kappa shape index (κ3) is 5.86. The molecule has 33 heavy (non-hydrogen) atoms. The van der Waals surface area contributed by atoms with Gasteiger partial charge in [-0.1, -0.05) is 38.1 Å². The van der Waals surface area contributed by atoms with E-state index < -0.39 is 0 Å². The zero-order valence-corrected chi connectivity index (χ0v) is 20.6. The molecule has 3 aromatic rings. The molecule has 1 aliphatic heterocycles. The first-order valence-electron chi connectivity index (χ1n) is 12.8. The molecule has 0 spiro atoms. The molecule has 0 fully saturated rings. The Kier molecular flexibility index (Phi) is 8.22. The van der Waals surface area contributed by atoms with Crippen LogP contribution in [0, 0.1) is 0 Å². The Morgan fingerprint density at radius 2 is 1.91 bits per heavy atom. The number of hydrogen-bond acceptors (Lipinski definition) is 4. The molecule has 1 aromatic heterocycles. The van der Waals surface area contributed by atoms with E-state index in [4.69, 9.17) is 4.74 Å². The van der Waals surface area contributed by atoms with E-state index in [1.165, 1.54) is 49.2 Å². The van der Waals surface area contributed by atoms with E-state index in [2.05, 4.69) is 84.1 Å². The van der Waals surface area contributed by atoms with Crippen molar-refractivity contribution in [2.45, 2.75) is 58.9 Å². The van der Waals surface area contributed by atoms with Crippen molar-refractivity contribution in [3.8, 4) is 5.75 Å². The molecule has 1 atom stereocenters. The first-order chi connectivity index (χ1) is 16.2. The standard InChI is InChI=1S/C29H39N3O/c1-4-16-31(5-2)17-9-6-10-19-33-27-21-26-20-25(13-14-28(26)30-22-27)23(3)32-18-15-24-11-7-8-12-29(24)32/h7-8,11-14,20-23H,4-6,9-10,15-19H2,1-3H3. The fourth-order valence-corrected chi connectivity index (χ4v) is 4.96. The van der Waals surface area contributed by atoms with Gasteiger partial charge in [-0.15, -0.1) is 0 Å². The molecular formula is C29H39N3O. The summed E-state index contributed by atoms with van der Waals surface area (Å²) < 4.78 is 6.06. The maximum Gasteiger partial charge on any atom is 0.138 e. The SMILES string of the molecule is CCCN(CC)CCCCCOc1cnc2ccc(C(C)N3CCc4ccccc43)cc2c1. The summed E-state index contributed by atoms with van der Waals surface area (Å²) in [5.74, 6) is 0.875. The van der Waals surface area contributed by atoms with Gasteiger partial charge in [0.2, 0.25) is 0 Å². The molecule has 2 aromatic carbocycles. The van der Waals surface area contributed by atoms with E-state index in [1.54, 1.807) is 0 Å². The van der Waals surface area contributed by atoms with Crippen LogP contribution in [-0.2, 0) is 6.42 Å². The highest BCUT2D eigenvalue weighted by Gasteiger charge is 2.24. The summed E-state index contributed by atoms with van der Waals surface area (Å²) in [6, 6.07) is 17.9. The number of rotatable bonds is 12. The van der Waals surface area contributed by atoms with Crippen molar-refractivity contribution < 1.29 is 4.74 Å². The molecule has 0 amide bonds. The molecule has 0 saturated carbocycles. The summed E-state index contributed by atoms with van der Waals surface area (Å²) in [7, 11) is 0. The van der Waals surface area contributed by atoms with Crippen LogP contribution in [0.1, 0.15) is 63.6 Å². The summed E-state index contributed by atoms with van der Waals surface area (Å²) >= 11 is 0. The van der Waals surface area contributed by atoms with Crippen molar-refractivity contribution in [3.05, 3.63) is 65.9 Å². The van der Waals surface area contributed by atoms with Gasteiger partial charge in [0.1, 0.15) is 5.75 Å². The molecule has 4 rings (SSSR count). The Labute approximate surface area is 199 Å². The van der Waals surface area contributed by atoms with Crippen molar-refractivity contribution in [3.63, 3.8) is 0 Å². The summed E-state index contributed by atoms with van der Waals surface area (Å²) in [6.07, 6.45) is 7.77. The zero-order valence-electron chi connectivity index (χ0n) is 20.6. The van der Waals surface area contributed by atoms with Crippen molar-refractivity contribution in [1.29, 1.82) is 0 Å². The minimum Gasteiger partial charge on any atom is -0.492 e. The van der Waals surface area contributed by atoms with Gasteiger partial charge in [0.15, 0.2) is 0 Å². The molecule has 0 bridgehead atoms. The van der Waals surface area contributed by atoms with Crippen LogP contribution >= 0.6 is 0 Å². The predicted molar refractivity (Wildman–Crippen MR) is 139 cm³/mol. The second-order valence-electron chi connectivity index (χ2n) is 9.21. The highest BCUT2D eigenvalue weighted by atomic mass is 16.5. The first kappa shape index (κ1) is 23.6. The van der Waals surface area contributed by atoms with Crippen molar-refractivity contribution in [2.24, 2.45) is 0 Å². The van der Waals surface area contributed by atoms with Gasteiger partial charge in [-0.3, -0.25) is 4.98 Å². The Balaban J connectivity index is 1.33. The van der Waals surface area contributed by atoms with E-state index in [-0.39, 0.29) is 0 Å². The predicted octanol–water partition coefficient (Wildman–Crippen LogP) is 6.64. The molecule has 0 radical (unpaired) electrons. The van der Waals surface area contributed by atoms with Crippen LogP contribution in [0.15, 0.2) is 54.7 Å².